The molecule has 7 heteroatoms. The van der Waals surface area contributed by atoms with Gasteiger partial charge in [-0.1, -0.05) is 6.58 Å². The van der Waals surface area contributed by atoms with Crippen LogP contribution in [0.4, 0.5) is 0 Å². The summed E-state index contributed by atoms with van der Waals surface area (Å²) in [5.74, 6) is -0.153. The zero-order valence-corrected chi connectivity index (χ0v) is 11.6. The van der Waals surface area contributed by atoms with Crippen molar-refractivity contribution in [1.82, 2.24) is 15.0 Å². The summed E-state index contributed by atoms with van der Waals surface area (Å²) in [5.41, 5.74) is 1.41. The number of thiophene rings is 1. The molecular weight excluding hydrogens is 282 g/mol. The molecule has 0 aromatic carbocycles. The Morgan fingerprint density at radius 3 is 2.79 bits per heavy atom. The van der Waals surface area contributed by atoms with Crippen molar-refractivity contribution in [1.29, 1.82) is 0 Å². The van der Waals surface area contributed by atoms with E-state index in [2.05, 4.69) is 21.5 Å². The number of fused-ring (bicyclic) bond motifs is 1. The molecule has 0 bridgehead atoms. The largest absolute Gasteiger partial charge is 0.505 e. The van der Waals surface area contributed by atoms with Gasteiger partial charge in [-0.15, -0.1) is 22.7 Å². The van der Waals surface area contributed by atoms with Gasteiger partial charge in [0.25, 0.3) is 5.56 Å². The number of nitrogens with zero attached hydrogens (tertiary/aromatic N) is 2. The molecule has 0 radical (unpaired) electrons. The molecule has 0 aliphatic carbocycles. The number of hydrogen-bond acceptors (Lipinski definition) is 6. The molecule has 3 rings (SSSR count). The van der Waals surface area contributed by atoms with Crippen molar-refractivity contribution in [2.45, 2.75) is 6.92 Å². The number of aliphatic hydroxyl groups is 1. The fraction of sp³-hybridized carbons (Fsp3) is 0.0833. The molecule has 96 valence electrons. The van der Waals surface area contributed by atoms with Crippen LogP contribution in [0.2, 0.25) is 0 Å². The lowest BCUT2D eigenvalue weighted by atomic mass is 10.2. The Hall–Kier alpha value is -1.99. The average molecular weight is 291 g/mol. The monoisotopic (exact) mass is 291 g/mol. The smallest absolute Gasteiger partial charge is 0.260 e. The van der Waals surface area contributed by atoms with Crippen LogP contribution in [0.15, 0.2) is 22.1 Å². The van der Waals surface area contributed by atoms with Crippen LogP contribution < -0.4 is 5.56 Å². The maximum Gasteiger partial charge on any atom is 0.260 e. The zero-order chi connectivity index (χ0) is 13.6. The molecule has 0 amide bonds. The first kappa shape index (κ1) is 12.1. The number of hydrogen-bond donors (Lipinski definition) is 2. The number of aromatic amines is 1. The van der Waals surface area contributed by atoms with E-state index < -0.39 is 0 Å². The average Bonchev–Trinajstić information content (AvgIpc) is 2.94. The second-order valence-corrected chi connectivity index (χ2v) is 5.70. The predicted molar refractivity (Wildman–Crippen MR) is 77.7 cm³/mol. The van der Waals surface area contributed by atoms with E-state index in [-0.39, 0.29) is 17.1 Å². The van der Waals surface area contributed by atoms with Crippen LogP contribution in [0.1, 0.15) is 11.5 Å². The first-order valence-electron chi connectivity index (χ1n) is 5.38. The number of rotatable bonds is 2. The summed E-state index contributed by atoms with van der Waals surface area (Å²) in [7, 11) is 0. The molecule has 0 unspecified atom stereocenters. The third-order valence-electron chi connectivity index (χ3n) is 2.57. The Morgan fingerprint density at radius 2 is 2.16 bits per heavy atom. The molecule has 0 aliphatic rings. The summed E-state index contributed by atoms with van der Waals surface area (Å²) in [6.45, 7) is 5.27. The summed E-state index contributed by atoms with van der Waals surface area (Å²) < 4.78 is 0. The minimum Gasteiger partial charge on any atom is -0.505 e. The zero-order valence-electron chi connectivity index (χ0n) is 9.93. The second kappa shape index (κ2) is 4.29. The Labute approximate surface area is 115 Å². The van der Waals surface area contributed by atoms with E-state index in [1.165, 1.54) is 22.7 Å². The molecule has 2 N–H and O–H groups in total. The van der Waals surface area contributed by atoms with Crippen molar-refractivity contribution >= 4 is 38.6 Å². The van der Waals surface area contributed by atoms with E-state index in [1.807, 2.05) is 17.7 Å². The fourth-order valence-electron chi connectivity index (χ4n) is 1.72. The molecule has 0 spiro atoms. The highest BCUT2D eigenvalue weighted by molar-refractivity contribution is 7.18. The highest BCUT2D eigenvalue weighted by Crippen LogP contribution is 2.32. The Kier molecular flexibility index (Phi) is 2.72. The van der Waals surface area contributed by atoms with Crippen LogP contribution in [-0.4, -0.2) is 20.1 Å². The number of H-pyrrole nitrogens is 1. The summed E-state index contributed by atoms with van der Waals surface area (Å²) in [5, 5.41) is 14.4. The van der Waals surface area contributed by atoms with E-state index in [4.69, 9.17) is 0 Å². The van der Waals surface area contributed by atoms with E-state index in [0.29, 0.717) is 10.2 Å². The number of aliphatic hydroxyl groups excluding tert-OH is 1. The van der Waals surface area contributed by atoms with Gasteiger partial charge in [-0.25, -0.2) is 9.97 Å². The standard InChI is InChI=1S/C12H9N3O2S2/c1-5-3-18-11(13-5)7-4-19-12-8(7)10(17)14-9(15-12)6(2)16/h3-4,16H,2H2,1H3,(H,14,15,17). The fourth-order valence-corrected chi connectivity index (χ4v) is 3.54. The molecule has 0 atom stereocenters. The van der Waals surface area contributed by atoms with E-state index in [9.17, 15) is 9.90 Å². The highest BCUT2D eigenvalue weighted by atomic mass is 32.1. The van der Waals surface area contributed by atoms with Gasteiger partial charge < -0.3 is 10.1 Å². The van der Waals surface area contributed by atoms with E-state index in [1.54, 1.807) is 0 Å². The van der Waals surface area contributed by atoms with Gasteiger partial charge in [0, 0.05) is 22.0 Å². The third-order valence-corrected chi connectivity index (χ3v) is 4.43. The van der Waals surface area contributed by atoms with Crippen molar-refractivity contribution in [3.8, 4) is 10.6 Å². The summed E-state index contributed by atoms with van der Waals surface area (Å²) in [6.07, 6.45) is 0. The van der Waals surface area contributed by atoms with Gasteiger partial charge in [0.2, 0.25) is 0 Å². The Morgan fingerprint density at radius 1 is 1.37 bits per heavy atom. The molecule has 3 heterocycles. The topological polar surface area (TPSA) is 78.9 Å². The van der Waals surface area contributed by atoms with Gasteiger partial charge in [-0.3, -0.25) is 4.79 Å². The highest BCUT2D eigenvalue weighted by Gasteiger charge is 2.15. The van der Waals surface area contributed by atoms with Gasteiger partial charge >= 0.3 is 0 Å². The van der Waals surface area contributed by atoms with E-state index in [0.717, 1.165) is 16.3 Å². The summed E-state index contributed by atoms with van der Waals surface area (Å²) in [6, 6.07) is 0. The first-order chi connectivity index (χ1) is 9.06. The van der Waals surface area contributed by atoms with Crippen molar-refractivity contribution < 1.29 is 5.11 Å². The van der Waals surface area contributed by atoms with Crippen LogP contribution in [0, 0.1) is 6.92 Å². The van der Waals surface area contributed by atoms with Gasteiger partial charge in [0.15, 0.2) is 11.6 Å². The normalized spacial score (nSPS) is 11.0. The number of aryl methyl sites for hydroxylation is 1. The van der Waals surface area contributed by atoms with Crippen molar-refractivity contribution in [3.05, 3.63) is 39.2 Å². The van der Waals surface area contributed by atoms with Gasteiger partial charge in [0.05, 0.1) is 5.39 Å². The maximum absolute atomic E-state index is 12.1. The molecule has 0 saturated carbocycles. The van der Waals surface area contributed by atoms with E-state index >= 15 is 0 Å². The van der Waals surface area contributed by atoms with Crippen molar-refractivity contribution in [3.63, 3.8) is 0 Å². The lowest BCUT2D eigenvalue weighted by molar-refractivity contribution is 0.507. The van der Waals surface area contributed by atoms with Crippen LogP contribution in [-0.2, 0) is 0 Å². The summed E-state index contributed by atoms with van der Waals surface area (Å²) >= 11 is 2.84. The minimum atomic E-state index is -0.292. The van der Waals surface area contributed by atoms with Crippen LogP contribution in [0.3, 0.4) is 0 Å². The Balaban J connectivity index is 2.30. The molecular formula is C12H9N3O2S2. The van der Waals surface area contributed by atoms with Gasteiger partial charge in [-0.05, 0) is 6.92 Å². The third kappa shape index (κ3) is 1.96. The van der Waals surface area contributed by atoms with Gasteiger partial charge in [-0.2, -0.15) is 0 Å². The first-order valence-corrected chi connectivity index (χ1v) is 7.14. The molecule has 3 aromatic heterocycles. The molecule has 5 nitrogen and oxygen atoms in total. The molecule has 0 fully saturated rings. The summed E-state index contributed by atoms with van der Waals surface area (Å²) in [4.78, 5) is 23.7. The van der Waals surface area contributed by atoms with Crippen molar-refractivity contribution in [2.24, 2.45) is 0 Å². The molecule has 0 saturated heterocycles. The lowest BCUT2D eigenvalue weighted by Gasteiger charge is -1.98. The van der Waals surface area contributed by atoms with Crippen LogP contribution >= 0.6 is 22.7 Å². The Bertz CT molecular complexity index is 844. The second-order valence-electron chi connectivity index (χ2n) is 3.98. The SMILES string of the molecule is C=C(O)c1nc2scc(-c3nc(C)cs3)c2c(=O)[nH]1. The molecule has 19 heavy (non-hydrogen) atoms. The number of nitrogens with one attached hydrogen (secondary N) is 1. The minimum absolute atomic E-state index is 0.0984. The maximum atomic E-state index is 12.1. The lowest BCUT2D eigenvalue weighted by Crippen LogP contribution is -2.10. The number of aromatic nitrogens is 3. The van der Waals surface area contributed by atoms with Crippen molar-refractivity contribution in [2.75, 3.05) is 0 Å². The van der Waals surface area contributed by atoms with Gasteiger partial charge in [0.1, 0.15) is 9.84 Å². The number of thiazole rings is 1. The predicted octanol–water partition coefficient (Wildman–Crippen LogP) is 2.95. The molecule has 0 aliphatic heterocycles. The van der Waals surface area contributed by atoms with Crippen LogP contribution in [0.25, 0.3) is 26.5 Å². The quantitative estimate of drug-likeness (QED) is 0.711. The molecule has 3 aromatic rings. The van der Waals surface area contributed by atoms with Crippen LogP contribution in [0.5, 0.6) is 0 Å².